The Labute approximate surface area is 160 Å². The molecule has 0 aliphatic carbocycles. The van der Waals surface area contributed by atoms with Gasteiger partial charge >= 0.3 is 5.97 Å². The van der Waals surface area contributed by atoms with E-state index < -0.39 is 17.4 Å². The Morgan fingerprint density at radius 2 is 1.67 bits per heavy atom. The van der Waals surface area contributed by atoms with E-state index in [4.69, 9.17) is 5.73 Å². The van der Waals surface area contributed by atoms with Gasteiger partial charge in [-0.2, -0.15) is 11.8 Å². The lowest BCUT2D eigenvalue weighted by molar-refractivity contribution is -0.146. The third kappa shape index (κ3) is 2.58. The van der Waals surface area contributed by atoms with E-state index >= 15 is 0 Å². The highest BCUT2D eigenvalue weighted by atomic mass is 32.2. The molecule has 4 aromatic carbocycles. The molecular formula is C22H19NO3S. The van der Waals surface area contributed by atoms with Crippen molar-refractivity contribution in [1.82, 2.24) is 0 Å². The molecule has 136 valence electrons. The summed E-state index contributed by atoms with van der Waals surface area (Å²) in [6.07, 6.45) is 2.25. The van der Waals surface area contributed by atoms with E-state index in [1.807, 2.05) is 36.6 Å². The zero-order valence-corrected chi connectivity index (χ0v) is 15.6. The van der Waals surface area contributed by atoms with Crippen LogP contribution >= 0.6 is 11.8 Å². The van der Waals surface area contributed by atoms with Crippen molar-refractivity contribution in [2.45, 2.75) is 11.5 Å². The van der Waals surface area contributed by atoms with Crippen molar-refractivity contribution in [3.05, 3.63) is 60.2 Å². The molecule has 0 saturated carbocycles. The van der Waals surface area contributed by atoms with Crippen molar-refractivity contribution in [1.29, 1.82) is 0 Å². The largest absolute Gasteiger partial charge is 0.480 e. The van der Waals surface area contributed by atoms with Crippen LogP contribution in [-0.4, -0.2) is 34.9 Å². The van der Waals surface area contributed by atoms with Gasteiger partial charge in [0.2, 0.25) is 0 Å². The number of nitrogens with two attached hydrogens (primary N) is 1. The summed E-state index contributed by atoms with van der Waals surface area (Å²) in [4.78, 5) is 23.6. The number of carbonyl (C=O) groups is 2. The zero-order valence-electron chi connectivity index (χ0n) is 14.8. The molecule has 27 heavy (non-hydrogen) atoms. The van der Waals surface area contributed by atoms with E-state index in [2.05, 4.69) is 24.3 Å². The molecule has 0 aromatic heterocycles. The first-order valence-electron chi connectivity index (χ1n) is 8.65. The highest BCUT2D eigenvalue weighted by molar-refractivity contribution is 7.98. The molecule has 2 atom stereocenters. The van der Waals surface area contributed by atoms with Crippen molar-refractivity contribution in [2.75, 3.05) is 12.0 Å². The van der Waals surface area contributed by atoms with Crippen LogP contribution in [0.4, 0.5) is 0 Å². The fourth-order valence-electron chi connectivity index (χ4n) is 3.99. The lowest BCUT2D eigenvalue weighted by Crippen LogP contribution is -2.55. The van der Waals surface area contributed by atoms with Crippen LogP contribution in [0.3, 0.4) is 0 Å². The van der Waals surface area contributed by atoms with Crippen molar-refractivity contribution in [2.24, 2.45) is 5.73 Å². The lowest BCUT2D eigenvalue weighted by atomic mass is 9.79. The molecule has 4 aromatic rings. The molecule has 0 radical (unpaired) electrons. The Kier molecular flexibility index (Phi) is 4.29. The van der Waals surface area contributed by atoms with Crippen LogP contribution in [0.1, 0.15) is 11.5 Å². The minimum absolute atomic E-state index is 0.369. The molecule has 5 heteroatoms. The normalized spacial score (nSPS) is 15.2. The van der Waals surface area contributed by atoms with Gasteiger partial charge in [-0.3, -0.25) is 0 Å². The summed E-state index contributed by atoms with van der Waals surface area (Å²) >= 11 is 1.48. The molecule has 0 fully saturated rings. The number of rotatable bonds is 6. The Hall–Kier alpha value is -2.63. The number of thioether (sulfide) groups is 1. The van der Waals surface area contributed by atoms with Crippen LogP contribution in [0, 0.1) is 0 Å². The van der Waals surface area contributed by atoms with E-state index in [9.17, 15) is 14.7 Å². The van der Waals surface area contributed by atoms with Crippen LogP contribution in [0.5, 0.6) is 0 Å². The molecular weight excluding hydrogens is 358 g/mol. The molecule has 0 amide bonds. The van der Waals surface area contributed by atoms with Crippen molar-refractivity contribution in [3.8, 4) is 0 Å². The first-order valence-corrected chi connectivity index (χ1v) is 10.0. The predicted molar refractivity (Wildman–Crippen MR) is 112 cm³/mol. The van der Waals surface area contributed by atoms with E-state index in [-0.39, 0.29) is 0 Å². The number of hydrogen-bond acceptors (Lipinski definition) is 4. The minimum atomic E-state index is -1.97. The molecule has 4 nitrogen and oxygen atoms in total. The summed E-state index contributed by atoms with van der Waals surface area (Å²) in [6.45, 7) is 0. The number of aliphatic carboxylic acids is 1. The predicted octanol–water partition coefficient (Wildman–Crippen LogP) is 4.01. The maximum absolute atomic E-state index is 11.8. The Balaban J connectivity index is 2.09. The van der Waals surface area contributed by atoms with Gasteiger partial charge < -0.3 is 15.6 Å². The summed E-state index contributed by atoms with van der Waals surface area (Å²) in [6, 6.07) is 18.3. The SMILES string of the molecule is CSCC(c1ccc2ccc3cccc4ccc1c2c34)C(N)(C=O)C(=O)O. The van der Waals surface area contributed by atoms with Gasteiger partial charge in [-0.25, -0.2) is 4.79 Å². The third-order valence-electron chi connectivity index (χ3n) is 5.41. The van der Waals surface area contributed by atoms with Gasteiger partial charge in [-0.05, 0) is 44.1 Å². The highest BCUT2D eigenvalue weighted by Crippen LogP contribution is 2.40. The minimum Gasteiger partial charge on any atom is -0.480 e. The number of benzene rings is 4. The van der Waals surface area contributed by atoms with Gasteiger partial charge in [0.15, 0.2) is 11.8 Å². The molecule has 0 aliphatic rings. The third-order valence-corrected chi connectivity index (χ3v) is 6.08. The summed E-state index contributed by atoms with van der Waals surface area (Å²) in [7, 11) is 0. The first-order chi connectivity index (χ1) is 13.0. The monoisotopic (exact) mass is 377 g/mol. The number of carboxylic acids is 1. The second-order valence-electron chi connectivity index (χ2n) is 6.87. The molecule has 0 heterocycles. The molecule has 0 aliphatic heterocycles. The van der Waals surface area contributed by atoms with Gasteiger partial charge in [0.25, 0.3) is 0 Å². The van der Waals surface area contributed by atoms with Crippen LogP contribution in [-0.2, 0) is 9.59 Å². The highest BCUT2D eigenvalue weighted by Gasteiger charge is 2.43. The second-order valence-corrected chi connectivity index (χ2v) is 7.79. The van der Waals surface area contributed by atoms with Gasteiger partial charge in [-0.15, -0.1) is 0 Å². The van der Waals surface area contributed by atoms with Crippen molar-refractivity contribution in [3.63, 3.8) is 0 Å². The molecule has 0 saturated heterocycles. The average Bonchev–Trinajstić information content (AvgIpc) is 2.69. The van der Waals surface area contributed by atoms with Gasteiger partial charge in [0.1, 0.15) is 0 Å². The quantitative estimate of drug-likeness (QED) is 0.301. The van der Waals surface area contributed by atoms with Gasteiger partial charge in [-0.1, -0.05) is 54.6 Å². The lowest BCUT2D eigenvalue weighted by Gasteiger charge is -2.30. The van der Waals surface area contributed by atoms with Crippen LogP contribution in [0.15, 0.2) is 54.6 Å². The van der Waals surface area contributed by atoms with Crippen LogP contribution in [0.2, 0.25) is 0 Å². The first kappa shape index (κ1) is 17.8. The summed E-state index contributed by atoms with van der Waals surface area (Å²) in [5.74, 6) is -1.50. The van der Waals surface area contributed by atoms with Crippen LogP contribution in [0.25, 0.3) is 32.3 Å². The molecule has 3 N–H and O–H groups in total. The van der Waals surface area contributed by atoms with Crippen molar-refractivity contribution < 1.29 is 14.7 Å². The van der Waals surface area contributed by atoms with E-state index in [0.29, 0.717) is 12.0 Å². The fourth-order valence-corrected chi connectivity index (χ4v) is 4.78. The Bertz CT molecular complexity index is 1160. The van der Waals surface area contributed by atoms with E-state index in [1.54, 1.807) is 0 Å². The Morgan fingerprint density at radius 3 is 2.26 bits per heavy atom. The molecule has 2 unspecified atom stereocenters. The summed E-state index contributed by atoms with van der Waals surface area (Å²) in [5.41, 5.74) is 4.93. The van der Waals surface area contributed by atoms with Crippen LogP contribution < -0.4 is 5.73 Å². The fraction of sp³-hybridized carbons (Fsp3) is 0.182. The summed E-state index contributed by atoms with van der Waals surface area (Å²) in [5, 5.41) is 16.2. The standard InChI is InChI=1S/C22H19NO3S/c1-27-11-18(22(23,12-24)21(25)26)16-9-7-15-6-5-13-3-2-4-14-8-10-17(16)20(15)19(13)14/h2-10,12,18H,11,23H2,1H3,(H,25,26). The van der Waals surface area contributed by atoms with Crippen molar-refractivity contribution >= 4 is 56.3 Å². The average molecular weight is 377 g/mol. The molecule has 0 spiro atoms. The maximum atomic E-state index is 11.8. The van der Waals surface area contributed by atoms with E-state index in [1.165, 1.54) is 11.8 Å². The number of carbonyl (C=O) groups excluding carboxylic acids is 1. The van der Waals surface area contributed by atoms with Gasteiger partial charge in [0.05, 0.1) is 0 Å². The number of aldehydes is 1. The Morgan fingerprint density at radius 1 is 1.07 bits per heavy atom. The second kappa shape index (κ2) is 6.51. The van der Waals surface area contributed by atoms with E-state index in [0.717, 1.165) is 37.9 Å². The number of hydrogen-bond donors (Lipinski definition) is 2. The number of carboxylic acid groups (broad SMARTS) is 1. The zero-order chi connectivity index (χ0) is 19.2. The summed E-state index contributed by atoms with van der Waals surface area (Å²) < 4.78 is 0. The molecule has 4 rings (SSSR count). The van der Waals surface area contributed by atoms with Gasteiger partial charge in [0, 0.05) is 11.7 Å². The maximum Gasteiger partial charge on any atom is 0.331 e. The topological polar surface area (TPSA) is 80.4 Å². The smallest absolute Gasteiger partial charge is 0.331 e. The molecule has 0 bridgehead atoms.